The number of amides is 4. The Balaban J connectivity index is 1.40. The number of nitrogens with zero attached hydrogens (tertiary/aromatic N) is 2. The Labute approximate surface area is 264 Å². The van der Waals surface area contributed by atoms with E-state index in [1.54, 1.807) is 12.1 Å². The molecule has 1 fully saturated rings. The lowest BCUT2D eigenvalue weighted by molar-refractivity contribution is -0.122. The molecule has 0 radical (unpaired) electrons. The van der Waals surface area contributed by atoms with Crippen LogP contribution in [0.25, 0.3) is 6.08 Å². The van der Waals surface area contributed by atoms with E-state index in [-0.39, 0.29) is 17.4 Å². The summed E-state index contributed by atoms with van der Waals surface area (Å²) in [5, 5.41) is 2.40. The summed E-state index contributed by atoms with van der Waals surface area (Å²) in [5.41, 5.74) is 6.60. The number of methoxy groups -OCH3 is 1. The third-order valence-electron chi connectivity index (χ3n) is 8.85. The summed E-state index contributed by atoms with van der Waals surface area (Å²) < 4.78 is 6.23. The molecule has 0 aromatic heterocycles. The van der Waals surface area contributed by atoms with Gasteiger partial charge in [-0.15, -0.1) is 0 Å². The van der Waals surface area contributed by atoms with Gasteiger partial charge in [-0.3, -0.25) is 14.9 Å². The zero-order chi connectivity index (χ0) is 30.4. The number of halogens is 1. The number of urea groups is 1. The molecule has 1 saturated heterocycles. The van der Waals surface area contributed by atoms with Gasteiger partial charge in [-0.1, -0.05) is 76.6 Å². The smallest absolute Gasteiger partial charge is 0.335 e. The van der Waals surface area contributed by atoms with E-state index in [1.807, 2.05) is 54.6 Å². The number of rotatable bonds is 5. The minimum atomic E-state index is -0.762. The SMILES string of the molecule is COc1ccc(Br)cc1/C=C1\C(=O)NC(=O)N(c2cc3c4c(c2)[C@H](c2ccccc2)CCN4CC[C@H]3c2ccccc2)C1=O. The Morgan fingerprint density at radius 1 is 0.818 bits per heavy atom. The summed E-state index contributed by atoms with van der Waals surface area (Å²) in [6.07, 6.45) is 3.31. The zero-order valence-corrected chi connectivity index (χ0v) is 25.7. The van der Waals surface area contributed by atoms with Crippen molar-refractivity contribution in [1.82, 2.24) is 5.32 Å². The van der Waals surface area contributed by atoms with Gasteiger partial charge in [0.1, 0.15) is 11.3 Å². The molecule has 8 heteroatoms. The Morgan fingerprint density at radius 3 is 1.98 bits per heavy atom. The van der Waals surface area contributed by atoms with E-state index in [1.165, 1.54) is 30.0 Å². The van der Waals surface area contributed by atoms with Crippen molar-refractivity contribution in [2.45, 2.75) is 24.7 Å². The molecule has 7 nitrogen and oxygen atoms in total. The van der Waals surface area contributed by atoms with E-state index < -0.39 is 17.8 Å². The molecular weight excluding hydrogens is 618 g/mol. The van der Waals surface area contributed by atoms with Crippen LogP contribution in [0.1, 0.15) is 52.5 Å². The number of barbiturate groups is 1. The number of ether oxygens (including phenoxy) is 1. The number of hydrogen-bond donors (Lipinski definition) is 1. The van der Waals surface area contributed by atoms with Crippen LogP contribution in [0.3, 0.4) is 0 Å². The molecule has 7 rings (SSSR count). The third kappa shape index (κ3) is 4.89. The largest absolute Gasteiger partial charge is 0.496 e. The number of imide groups is 2. The monoisotopic (exact) mass is 647 g/mol. The summed E-state index contributed by atoms with van der Waals surface area (Å²) in [5.74, 6) is -0.723. The predicted octanol–water partition coefficient (Wildman–Crippen LogP) is 7.00. The zero-order valence-electron chi connectivity index (χ0n) is 24.1. The lowest BCUT2D eigenvalue weighted by Crippen LogP contribution is -2.54. The molecule has 0 aliphatic carbocycles. The normalized spacial score (nSPS) is 20.4. The molecule has 220 valence electrons. The van der Waals surface area contributed by atoms with Crippen LogP contribution in [0.5, 0.6) is 5.75 Å². The molecule has 3 aliphatic heterocycles. The summed E-state index contributed by atoms with van der Waals surface area (Å²) >= 11 is 3.45. The molecule has 4 aromatic carbocycles. The Hall–Kier alpha value is -4.69. The van der Waals surface area contributed by atoms with E-state index in [9.17, 15) is 14.4 Å². The fourth-order valence-corrected chi connectivity index (χ4v) is 7.21. The first-order valence-corrected chi connectivity index (χ1v) is 15.5. The van der Waals surface area contributed by atoms with Gasteiger partial charge in [0.05, 0.1) is 12.8 Å². The molecule has 0 unspecified atom stereocenters. The number of hydrogen-bond acceptors (Lipinski definition) is 5. The molecule has 2 atom stereocenters. The van der Waals surface area contributed by atoms with Crippen LogP contribution in [0.2, 0.25) is 0 Å². The molecule has 3 heterocycles. The van der Waals surface area contributed by atoms with Gasteiger partial charge in [-0.05, 0) is 71.5 Å². The van der Waals surface area contributed by atoms with Crippen molar-refractivity contribution < 1.29 is 19.1 Å². The third-order valence-corrected chi connectivity index (χ3v) is 9.34. The van der Waals surface area contributed by atoms with Gasteiger partial charge in [-0.25, -0.2) is 9.69 Å². The van der Waals surface area contributed by atoms with Crippen LogP contribution in [0.15, 0.2) is 101 Å². The first-order chi connectivity index (χ1) is 21.4. The van der Waals surface area contributed by atoms with Gasteiger partial charge in [-0.2, -0.15) is 0 Å². The van der Waals surface area contributed by atoms with Gasteiger partial charge in [0.25, 0.3) is 11.8 Å². The average molecular weight is 649 g/mol. The fourth-order valence-electron chi connectivity index (χ4n) is 6.83. The number of benzene rings is 4. The molecule has 0 spiro atoms. The van der Waals surface area contributed by atoms with Gasteiger partial charge < -0.3 is 9.64 Å². The molecular formula is C36H30BrN3O4. The molecule has 0 bridgehead atoms. The van der Waals surface area contributed by atoms with Crippen molar-refractivity contribution in [2.24, 2.45) is 0 Å². The van der Waals surface area contributed by atoms with Gasteiger partial charge in [0, 0.05) is 40.6 Å². The van der Waals surface area contributed by atoms with Crippen molar-refractivity contribution >= 4 is 51.2 Å². The highest BCUT2D eigenvalue weighted by Gasteiger charge is 2.40. The summed E-state index contributed by atoms with van der Waals surface area (Å²) in [7, 11) is 1.53. The molecule has 44 heavy (non-hydrogen) atoms. The van der Waals surface area contributed by atoms with Crippen LogP contribution in [0.4, 0.5) is 16.2 Å². The van der Waals surface area contributed by atoms with Gasteiger partial charge in [0.15, 0.2) is 0 Å². The standard InChI is InChI=1S/C36H30BrN3O4/c1-44-32-13-12-25(37)18-24(32)19-31-34(41)38-36(43)40(35(31)42)26-20-29-27(22-8-4-2-5-9-22)14-16-39-17-15-28(30(21-26)33(29)39)23-10-6-3-7-11-23/h2-13,18-21,27-28H,14-17H2,1H3,(H,38,41,43)/b31-19+/t27-,28-/m0/s1. The Morgan fingerprint density at radius 2 is 1.41 bits per heavy atom. The number of nitrogens with one attached hydrogen (secondary N) is 1. The first kappa shape index (κ1) is 28.1. The van der Waals surface area contributed by atoms with E-state index in [4.69, 9.17) is 4.74 Å². The number of carbonyl (C=O) groups excluding carboxylic acids is 3. The highest BCUT2D eigenvalue weighted by molar-refractivity contribution is 9.10. The van der Waals surface area contributed by atoms with Gasteiger partial charge >= 0.3 is 6.03 Å². The van der Waals surface area contributed by atoms with E-state index in [0.717, 1.165) is 46.4 Å². The summed E-state index contributed by atoms with van der Waals surface area (Å²) in [6.45, 7) is 1.86. The molecule has 3 aliphatic rings. The van der Waals surface area contributed by atoms with Crippen LogP contribution < -0.4 is 19.9 Å². The average Bonchev–Trinajstić information content (AvgIpc) is 3.04. The van der Waals surface area contributed by atoms with Crippen LogP contribution >= 0.6 is 15.9 Å². The maximum Gasteiger partial charge on any atom is 0.335 e. The minimum absolute atomic E-state index is 0.0983. The molecule has 4 amide bonds. The van der Waals surface area contributed by atoms with Crippen molar-refractivity contribution in [3.05, 3.63) is 129 Å². The van der Waals surface area contributed by atoms with Crippen molar-refractivity contribution in [2.75, 3.05) is 30.0 Å². The molecule has 0 saturated carbocycles. The summed E-state index contributed by atoms with van der Waals surface area (Å²) in [4.78, 5) is 44.1. The van der Waals surface area contributed by atoms with Crippen LogP contribution in [0, 0.1) is 0 Å². The Kier molecular flexibility index (Phi) is 7.30. The second kappa shape index (κ2) is 11.4. The quantitative estimate of drug-likeness (QED) is 0.186. The molecule has 4 aromatic rings. The van der Waals surface area contributed by atoms with E-state index in [0.29, 0.717) is 17.0 Å². The number of carbonyl (C=O) groups is 3. The maximum atomic E-state index is 14.1. The summed E-state index contributed by atoms with van der Waals surface area (Å²) in [6, 6.07) is 29.3. The lowest BCUT2D eigenvalue weighted by atomic mass is 9.76. The lowest BCUT2D eigenvalue weighted by Gasteiger charge is -2.44. The number of anilines is 2. The second-order valence-corrected chi connectivity index (χ2v) is 12.2. The van der Waals surface area contributed by atoms with Crippen molar-refractivity contribution in [1.29, 1.82) is 0 Å². The minimum Gasteiger partial charge on any atom is -0.496 e. The van der Waals surface area contributed by atoms with Crippen molar-refractivity contribution in [3.63, 3.8) is 0 Å². The maximum absolute atomic E-state index is 14.1. The van der Waals surface area contributed by atoms with E-state index >= 15 is 0 Å². The van der Waals surface area contributed by atoms with Crippen LogP contribution in [-0.4, -0.2) is 38.0 Å². The second-order valence-electron chi connectivity index (χ2n) is 11.3. The Bertz CT molecular complexity index is 1750. The predicted molar refractivity (Wildman–Crippen MR) is 174 cm³/mol. The highest BCUT2D eigenvalue weighted by atomic mass is 79.9. The van der Waals surface area contributed by atoms with E-state index in [2.05, 4.69) is 50.4 Å². The molecule has 1 N–H and O–H groups in total. The highest BCUT2D eigenvalue weighted by Crippen LogP contribution is 2.50. The van der Waals surface area contributed by atoms with Gasteiger partial charge in [0.2, 0.25) is 0 Å². The topological polar surface area (TPSA) is 79.0 Å². The van der Waals surface area contributed by atoms with Crippen LogP contribution in [-0.2, 0) is 9.59 Å². The fraction of sp³-hybridized carbons (Fsp3) is 0.194. The van der Waals surface area contributed by atoms with Crippen molar-refractivity contribution in [3.8, 4) is 5.75 Å². The first-order valence-electron chi connectivity index (χ1n) is 14.7.